The van der Waals surface area contributed by atoms with Crippen molar-refractivity contribution in [2.45, 2.75) is 26.7 Å². The Bertz CT molecular complexity index is 486. The third-order valence-electron chi connectivity index (χ3n) is 3.25. The van der Waals surface area contributed by atoms with Crippen LogP contribution in [0.2, 0.25) is 0 Å². The lowest BCUT2D eigenvalue weighted by Crippen LogP contribution is -2.32. The van der Waals surface area contributed by atoms with E-state index in [2.05, 4.69) is 0 Å². The quantitative estimate of drug-likeness (QED) is 0.690. The molecule has 0 fully saturated rings. The molecule has 22 heavy (non-hydrogen) atoms. The molecule has 6 nitrogen and oxygen atoms in total. The average Bonchev–Trinajstić information content (AvgIpc) is 2.47. The Morgan fingerprint density at radius 2 is 1.86 bits per heavy atom. The van der Waals surface area contributed by atoms with Crippen LogP contribution in [-0.4, -0.2) is 41.8 Å². The van der Waals surface area contributed by atoms with E-state index in [1.54, 1.807) is 6.92 Å². The Hall–Kier alpha value is -2.24. The van der Waals surface area contributed by atoms with E-state index in [0.29, 0.717) is 26.1 Å². The maximum Gasteiger partial charge on any atom is 0.308 e. The molecule has 0 radical (unpaired) electrons. The van der Waals surface area contributed by atoms with Crippen LogP contribution in [0.4, 0.5) is 5.69 Å². The van der Waals surface area contributed by atoms with Crippen molar-refractivity contribution in [2.75, 3.05) is 24.6 Å². The van der Waals surface area contributed by atoms with Crippen LogP contribution in [-0.2, 0) is 9.59 Å². The molecule has 1 unspecified atom stereocenters. The Kier molecular flexibility index (Phi) is 7.22. The highest BCUT2D eigenvalue weighted by atomic mass is 16.5. The number of ether oxygens (including phenoxy) is 1. The average molecular weight is 309 g/mol. The van der Waals surface area contributed by atoms with Crippen LogP contribution < -0.4 is 9.64 Å². The summed E-state index contributed by atoms with van der Waals surface area (Å²) in [5.74, 6) is -1.49. The first kappa shape index (κ1) is 17.8. The van der Waals surface area contributed by atoms with Crippen molar-refractivity contribution in [1.82, 2.24) is 0 Å². The third kappa shape index (κ3) is 6.03. The number of hydrogen-bond acceptors (Lipinski definition) is 4. The summed E-state index contributed by atoms with van der Waals surface area (Å²) in [6, 6.07) is 7.38. The molecule has 0 aliphatic heterocycles. The van der Waals surface area contributed by atoms with E-state index in [0.717, 1.165) is 11.4 Å². The van der Waals surface area contributed by atoms with Gasteiger partial charge < -0.3 is 19.8 Å². The summed E-state index contributed by atoms with van der Waals surface area (Å²) >= 11 is 0. The number of benzene rings is 1. The van der Waals surface area contributed by atoms with E-state index in [-0.39, 0.29) is 6.42 Å². The molecule has 0 amide bonds. The molecule has 0 heterocycles. The number of nitrogens with zero attached hydrogens (tertiary/aromatic N) is 1. The first-order valence-electron chi connectivity index (χ1n) is 7.36. The second kappa shape index (κ2) is 8.92. The molecule has 0 bridgehead atoms. The molecule has 6 heteroatoms. The Labute approximate surface area is 130 Å². The SMILES string of the molecule is CCOc1ccc(N(CCCC(=O)O)CC(C)C(=O)O)cc1. The van der Waals surface area contributed by atoms with Crippen molar-refractivity contribution in [1.29, 1.82) is 0 Å². The predicted octanol–water partition coefficient (Wildman–Crippen LogP) is 2.48. The van der Waals surface area contributed by atoms with Gasteiger partial charge >= 0.3 is 11.9 Å². The maximum atomic E-state index is 11.0. The smallest absolute Gasteiger partial charge is 0.308 e. The van der Waals surface area contributed by atoms with Crippen LogP contribution in [0.1, 0.15) is 26.7 Å². The number of carbonyl (C=O) groups is 2. The maximum absolute atomic E-state index is 11.0. The van der Waals surface area contributed by atoms with Crippen LogP contribution in [0, 0.1) is 5.92 Å². The van der Waals surface area contributed by atoms with Crippen molar-refractivity contribution < 1.29 is 24.5 Å². The summed E-state index contributed by atoms with van der Waals surface area (Å²) in [5, 5.41) is 17.8. The van der Waals surface area contributed by atoms with Gasteiger partial charge in [0.05, 0.1) is 12.5 Å². The molecule has 0 aliphatic carbocycles. The Balaban J connectivity index is 2.78. The highest BCUT2D eigenvalue weighted by molar-refractivity contribution is 5.70. The summed E-state index contributed by atoms with van der Waals surface area (Å²) in [6.45, 7) is 4.96. The number of aliphatic carboxylic acids is 2. The summed E-state index contributed by atoms with van der Waals surface area (Å²) < 4.78 is 5.38. The molecule has 122 valence electrons. The summed E-state index contributed by atoms with van der Waals surface area (Å²) in [6.07, 6.45) is 0.532. The van der Waals surface area contributed by atoms with E-state index in [4.69, 9.17) is 14.9 Å². The first-order chi connectivity index (χ1) is 10.4. The summed E-state index contributed by atoms with van der Waals surface area (Å²) in [4.78, 5) is 23.6. The van der Waals surface area contributed by atoms with Crippen LogP contribution in [0.15, 0.2) is 24.3 Å². The number of hydrogen-bond donors (Lipinski definition) is 2. The zero-order valence-electron chi connectivity index (χ0n) is 13.0. The van der Waals surface area contributed by atoms with E-state index in [1.165, 1.54) is 0 Å². The molecule has 1 aromatic carbocycles. The van der Waals surface area contributed by atoms with Gasteiger partial charge in [0.25, 0.3) is 0 Å². The fourth-order valence-electron chi connectivity index (χ4n) is 2.08. The lowest BCUT2D eigenvalue weighted by molar-refractivity contribution is -0.141. The molecular weight excluding hydrogens is 286 g/mol. The van der Waals surface area contributed by atoms with Gasteiger partial charge in [-0.05, 0) is 37.6 Å². The van der Waals surface area contributed by atoms with Crippen molar-refractivity contribution in [3.63, 3.8) is 0 Å². The van der Waals surface area contributed by atoms with Gasteiger partial charge in [-0.1, -0.05) is 6.92 Å². The zero-order valence-corrected chi connectivity index (χ0v) is 13.0. The molecule has 1 rings (SSSR count). The van der Waals surface area contributed by atoms with E-state index < -0.39 is 17.9 Å². The molecule has 0 spiro atoms. The molecule has 0 saturated carbocycles. The zero-order chi connectivity index (χ0) is 16.5. The molecule has 0 saturated heterocycles. The van der Waals surface area contributed by atoms with Gasteiger partial charge in [0, 0.05) is 25.2 Å². The van der Waals surface area contributed by atoms with Gasteiger partial charge in [0.1, 0.15) is 5.75 Å². The minimum Gasteiger partial charge on any atom is -0.494 e. The minimum atomic E-state index is -0.867. The van der Waals surface area contributed by atoms with Crippen LogP contribution in [0.3, 0.4) is 0 Å². The molecule has 0 aromatic heterocycles. The fraction of sp³-hybridized carbons (Fsp3) is 0.500. The van der Waals surface area contributed by atoms with E-state index >= 15 is 0 Å². The predicted molar refractivity (Wildman–Crippen MR) is 83.5 cm³/mol. The van der Waals surface area contributed by atoms with Gasteiger partial charge in [0.15, 0.2) is 0 Å². The molecule has 1 atom stereocenters. The fourth-order valence-corrected chi connectivity index (χ4v) is 2.08. The van der Waals surface area contributed by atoms with E-state index in [1.807, 2.05) is 36.1 Å². The first-order valence-corrected chi connectivity index (χ1v) is 7.36. The monoisotopic (exact) mass is 309 g/mol. The highest BCUT2D eigenvalue weighted by Crippen LogP contribution is 2.21. The lowest BCUT2D eigenvalue weighted by atomic mass is 10.1. The number of carboxylic acids is 2. The summed E-state index contributed by atoms with van der Waals surface area (Å²) in [5.41, 5.74) is 0.863. The second-order valence-electron chi connectivity index (χ2n) is 5.11. The topological polar surface area (TPSA) is 87.1 Å². The van der Waals surface area contributed by atoms with Crippen LogP contribution in [0.5, 0.6) is 5.75 Å². The molecule has 0 aliphatic rings. The highest BCUT2D eigenvalue weighted by Gasteiger charge is 2.17. The Morgan fingerprint density at radius 3 is 2.36 bits per heavy atom. The van der Waals surface area contributed by atoms with Crippen molar-refractivity contribution in [3.05, 3.63) is 24.3 Å². The normalized spacial score (nSPS) is 11.7. The number of carboxylic acid groups (broad SMARTS) is 2. The lowest BCUT2D eigenvalue weighted by Gasteiger charge is -2.26. The van der Waals surface area contributed by atoms with Gasteiger partial charge in [-0.3, -0.25) is 9.59 Å². The molecular formula is C16H23NO5. The van der Waals surface area contributed by atoms with E-state index in [9.17, 15) is 9.59 Å². The second-order valence-corrected chi connectivity index (χ2v) is 5.11. The number of anilines is 1. The Morgan fingerprint density at radius 1 is 1.23 bits per heavy atom. The number of rotatable bonds is 10. The van der Waals surface area contributed by atoms with Crippen LogP contribution >= 0.6 is 0 Å². The van der Waals surface area contributed by atoms with Gasteiger partial charge in [-0.15, -0.1) is 0 Å². The summed E-state index contributed by atoms with van der Waals surface area (Å²) in [7, 11) is 0. The third-order valence-corrected chi connectivity index (χ3v) is 3.25. The van der Waals surface area contributed by atoms with Crippen LogP contribution in [0.25, 0.3) is 0 Å². The van der Waals surface area contributed by atoms with Crippen molar-refractivity contribution >= 4 is 17.6 Å². The van der Waals surface area contributed by atoms with Crippen molar-refractivity contribution in [3.8, 4) is 5.75 Å². The van der Waals surface area contributed by atoms with Gasteiger partial charge in [0.2, 0.25) is 0 Å². The van der Waals surface area contributed by atoms with Gasteiger partial charge in [-0.2, -0.15) is 0 Å². The standard InChI is InChI=1S/C16H23NO5/c1-3-22-14-8-6-13(7-9-14)17(10-4-5-15(18)19)11-12(2)16(20)21/h6-9,12H,3-5,10-11H2,1-2H3,(H,18,19)(H,20,21). The largest absolute Gasteiger partial charge is 0.494 e. The minimum absolute atomic E-state index is 0.0645. The molecule has 1 aromatic rings. The van der Waals surface area contributed by atoms with Gasteiger partial charge in [-0.25, -0.2) is 0 Å². The molecule has 2 N–H and O–H groups in total. The van der Waals surface area contributed by atoms with Crippen molar-refractivity contribution in [2.24, 2.45) is 5.92 Å².